The van der Waals surface area contributed by atoms with E-state index in [1.807, 2.05) is 0 Å². The maximum Gasteiger partial charge on any atom is 0.241 e. The molecule has 2 heterocycles. The van der Waals surface area contributed by atoms with Crippen LogP contribution < -0.4 is 5.32 Å². The third-order valence-corrected chi connectivity index (χ3v) is 5.63. The van der Waals surface area contributed by atoms with Gasteiger partial charge in [-0.3, -0.25) is 10.1 Å². The number of thiophene rings is 1. The van der Waals surface area contributed by atoms with Gasteiger partial charge in [-0.05, 0) is 53.5 Å². The van der Waals surface area contributed by atoms with Crippen LogP contribution >= 0.6 is 11.3 Å². The Labute approximate surface area is 131 Å². The second-order valence-electron chi connectivity index (χ2n) is 7.03. The van der Waals surface area contributed by atoms with Gasteiger partial charge in [0.1, 0.15) is 6.17 Å². The quantitative estimate of drug-likeness (QED) is 0.918. The maximum absolute atomic E-state index is 12.9. The van der Waals surface area contributed by atoms with Gasteiger partial charge in [0, 0.05) is 6.04 Å². The standard InChI is InChI=1S/C17H26N2OS/c1-11(2)9-14-17(20)19(15-6-4-5-12(15)3)16(18-14)13-7-8-21-10-13/h7-8,10-12,14-16,18H,4-6,9H2,1-3H3. The van der Waals surface area contributed by atoms with Crippen LogP contribution in [0, 0.1) is 11.8 Å². The zero-order valence-corrected chi connectivity index (χ0v) is 14.0. The fourth-order valence-corrected chi connectivity index (χ4v) is 4.55. The summed E-state index contributed by atoms with van der Waals surface area (Å²) < 4.78 is 0. The summed E-state index contributed by atoms with van der Waals surface area (Å²) in [5.74, 6) is 1.48. The molecule has 1 saturated heterocycles. The Morgan fingerprint density at radius 1 is 1.43 bits per heavy atom. The molecule has 4 unspecified atom stereocenters. The van der Waals surface area contributed by atoms with E-state index >= 15 is 0 Å². The molecule has 1 aliphatic carbocycles. The van der Waals surface area contributed by atoms with Crippen molar-refractivity contribution in [1.29, 1.82) is 0 Å². The van der Waals surface area contributed by atoms with Crippen LogP contribution in [0.25, 0.3) is 0 Å². The Morgan fingerprint density at radius 2 is 2.24 bits per heavy atom. The van der Waals surface area contributed by atoms with Crippen LogP contribution in [0.15, 0.2) is 16.8 Å². The molecule has 1 aliphatic heterocycles. The molecule has 1 N–H and O–H groups in total. The van der Waals surface area contributed by atoms with Crippen molar-refractivity contribution in [3.63, 3.8) is 0 Å². The lowest BCUT2D eigenvalue weighted by atomic mass is 10.0. The summed E-state index contributed by atoms with van der Waals surface area (Å²) in [5.41, 5.74) is 1.25. The lowest BCUT2D eigenvalue weighted by Gasteiger charge is -2.32. The molecule has 1 amide bonds. The third-order valence-electron chi connectivity index (χ3n) is 4.93. The summed E-state index contributed by atoms with van der Waals surface area (Å²) >= 11 is 1.71. The van der Waals surface area contributed by atoms with Crippen LogP contribution in [0.3, 0.4) is 0 Å². The number of nitrogens with zero attached hydrogens (tertiary/aromatic N) is 1. The predicted octanol–water partition coefficient (Wildman–Crippen LogP) is 3.78. The van der Waals surface area contributed by atoms with Crippen molar-refractivity contribution in [3.05, 3.63) is 22.4 Å². The second kappa shape index (κ2) is 6.09. The highest BCUT2D eigenvalue weighted by Crippen LogP contribution is 2.38. The Morgan fingerprint density at radius 3 is 2.81 bits per heavy atom. The molecule has 2 aliphatic rings. The van der Waals surface area contributed by atoms with Gasteiger partial charge in [-0.1, -0.05) is 27.2 Å². The highest BCUT2D eigenvalue weighted by atomic mass is 32.1. The van der Waals surface area contributed by atoms with Gasteiger partial charge in [-0.2, -0.15) is 11.3 Å². The SMILES string of the molecule is CC(C)CC1NC(c2ccsc2)N(C2CCCC2C)C1=O. The molecule has 0 spiro atoms. The minimum atomic E-state index is -0.0114. The number of carbonyl (C=O) groups excluding carboxylic acids is 1. The molecular weight excluding hydrogens is 280 g/mol. The number of nitrogens with one attached hydrogen (secondary N) is 1. The van der Waals surface area contributed by atoms with Crippen molar-refractivity contribution in [1.82, 2.24) is 10.2 Å². The van der Waals surface area contributed by atoms with Crippen LogP contribution in [0.5, 0.6) is 0 Å². The summed E-state index contributed by atoms with van der Waals surface area (Å²) in [6.45, 7) is 6.68. The Bertz CT molecular complexity index is 485. The third kappa shape index (κ3) is 2.88. The van der Waals surface area contributed by atoms with E-state index in [1.54, 1.807) is 11.3 Å². The molecule has 2 fully saturated rings. The first-order valence-electron chi connectivity index (χ1n) is 8.18. The van der Waals surface area contributed by atoms with Crippen molar-refractivity contribution in [2.45, 2.75) is 64.7 Å². The molecule has 21 heavy (non-hydrogen) atoms. The van der Waals surface area contributed by atoms with Gasteiger partial charge in [-0.15, -0.1) is 0 Å². The van der Waals surface area contributed by atoms with Gasteiger partial charge in [0.25, 0.3) is 0 Å². The van der Waals surface area contributed by atoms with E-state index in [4.69, 9.17) is 0 Å². The second-order valence-corrected chi connectivity index (χ2v) is 7.81. The molecule has 3 nitrogen and oxygen atoms in total. The van der Waals surface area contributed by atoms with Crippen molar-refractivity contribution in [2.75, 3.05) is 0 Å². The van der Waals surface area contributed by atoms with E-state index in [-0.39, 0.29) is 12.2 Å². The molecule has 1 saturated carbocycles. The zero-order valence-electron chi connectivity index (χ0n) is 13.2. The predicted molar refractivity (Wildman–Crippen MR) is 87.1 cm³/mol. The van der Waals surface area contributed by atoms with E-state index in [0.29, 0.717) is 23.8 Å². The normalized spacial score (nSPS) is 33.3. The van der Waals surface area contributed by atoms with E-state index in [0.717, 1.165) is 12.8 Å². The lowest BCUT2D eigenvalue weighted by Crippen LogP contribution is -2.41. The fraction of sp³-hybridized carbons (Fsp3) is 0.706. The monoisotopic (exact) mass is 306 g/mol. The van der Waals surface area contributed by atoms with Crippen LogP contribution in [0.4, 0.5) is 0 Å². The first-order valence-corrected chi connectivity index (χ1v) is 9.12. The first kappa shape index (κ1) is 15.0. The molecule has 4 atom stereocenters. The molecule has 3 rings (SSSR count). The average Bonchev–Trinajstić information content (AvgIpc) is 3.12. The molecule has 0 radical (unpaired) electrons. The number of amides is 1. The topological polar surface area (TPSA) is 32.3 Å². The smallest absolute Gasteiger partial charge is 0.241 e. The van der Waals surface area contributed by atoms with Gasteiger partial charge in [-0.25, -0.2) is 0 Å². The molecule has 116 valence electrons. The van der Waals surface area contributed by atoms with E-state index < -0.39 is 0 Å². The molecule has 1 aromatic rings. The Kier molecular flexibility index (Phi) is 4.36. The first-order chi connectivity index (χ1) is 10.1. The number of rotatable bonds is 4. The average molecular weight is 306 g/mol. The molecule has 0 aromatic carbocycles. The number of hydrogen-bond acceptors (Lipinski definition) is 3. The van der Waals surface area contributed by atoms with Gasteiger partial charge in [0.2, 0.25) is 5.91 Å². The summed E-state index contributed by atoms with van der Waals surface area (Å²) in [4.78, 5) is 15.1. The van der Waals surface area contributed by atoms with Gasteiger partial charge in [0.15, 0.2) is 0 Å². The van der Waals surface area contributed by atoms with Gasteiger partial charge in [0.05, 0.1) is 6.04 Å². The fourth-order valence-electron chi connectivity index (χ4n) is 3.87. The van der Waals surface area contributed by atoms with Crippen molar-refractivity contribution in [2.24, 2.45) is 11.8 Å². The van der Waals surface area contributed by atoms with E-state index in [2.05, 4.69) is 47.8 Å². The highest BCUT2D eigenvalue weighted by molar-refractivity contribution is 7.07. The van der Waals surface area contributed by atoms with Crippen molar-refractivity contribution >= 4 is 17.2 Å². The summed E-state index contributed by atoms with van der Waals surface area (Å²) in [5, 5.41) is 7.89. The highest BCUT2D eigenvalue weighted by Gasteiger charge is 2.45. The minimum absolute atomic E-state index is 0.0114. The van der Waals surface area contributed by atoms with E-state index in [1.165, 1.54) is 18.4 Å². The summed E-state index contributed by atoms with van der Waals surface area (Å²) in [7, 11) is 0. The number of hydrogen-bond donors (Lipinski definition) is 1. The van der Waals surface area contributed by atoms with Crippen molar-refractivity contribution in [3.8, 4) is 0 Å². The van der Waals surface area contributed by atoms with Gasteiger partial charge >= 0.3 is 0 Å². The molecule has 1 aromatic heterocycles. The summed E-state index contributed by atoms with van der Waals surface area (Å²) in [6, 6.07) is 2.55. The largest absolute Gasteiger partial charge is 0.318 e. The summed E-state index contributed by atoms with van der Waals surface area (Å²) in [6.07, 6.45) is 4.67. The zero-order chi connectivity index (χ0) is 15.0. The van der Waals surface area contributed by atoms with Crippen molar-refractivity contribution < 1.29 is 4.79 Å². The Hall–Kier alpha value is -0.870. The molecular formula is C17H26N2OS. The maximum atomic E-state index is 12.9. The molecule has 4 heteroatoms. The van der Waals surface area contributed by atoms with Crippen LogP contribution in [0.1, 0.15) is 58.2 Å². The van der Waals surface area contributed by atoms with Gasteiger partial charge < -0.3 is 4.90 Å². The minimum Gasteiger partial charge on any atom is -0.318 e. The number of carbonyl (C=O) groups is 1. The van der Waals surface area contributed by atoms with Crippen LogP contribution in [0.2, 0.25) is 0 Å². The van der Waals surface area contributed by atoms with Crippen LogP contribution in [-0.2, 0) is 4.79 Å². The van der Waals surface area contributed by atoms with Crippen LogP contribution in [-0.4, -0.2) is 22.9 Å². The lowest BCUT2D eigenvalue weighted by molar-refractivity contribution is -0.133. The van der Waals surface area contributed by atoms with E-state index in [9.17, 15) is 4.79 Å². The molecule has 0 bridgehead atoms. The Balaban J connectivity index is 1.87.